The Morgan fingerprint density at radius 3 is 2.55 bits per heavy atom. The van der Waals surface area contributed by atoms with E-state index >= 15 is 0 Å². The molecule has 4 nitrogen and oxygen atoms in total. The van der Waals surface area contributed by atoms with Gasteiger partial charge in [-0.05, 0) is 48.2 Å². The van der Waals surface area contributed by atoms with E-state index in [1.807, 2.05) is 49.4 Å². The molecule has 4 rings (SSSR count). The zero-order valence-electron chi connectivity index (χ0n) is 16.8. The summed E-state index contributed by atoms with van der Waals surface area (Å²) in [6, 6.07) is 19.7. The predicted octanol–water partition coefficient (Wildman–Crippen LogP) is 5.97. The molecule has 0 aliphatic rings. The van der Waals surface area contributed by atoms with Crippen LogP contribution < -0.4 is 4.90 Å². The fourth-order valence-electron chi connectivity index (χ4n) is 3.38. The van der Waals surface area contributed by atoms with E-state index in [2.05, 4.69) is 37.0 Å². The molecule has 4 aromatic rings. The first kappa shape index (κ1) is 19.3. The van der Waals surface area contributed by atoms with Crippen molar-refractivity contribution in [1.29, 1.82) is 0 Å². The molecule has 0 bridgehead atoms. The van der Waals surface area contributed by atoms with Crippen molar-refractivity contribution in [3.8, 4) is 0 Å². The Labute approximate surface area is 174 Å². The number of anilines is 1. The van der Waals surface area contributed by atoms with Gasteiger partial charge in [-0.3, -0.25) is 14.7 Å². The number of rotatable bonds is 5. The van der Waals surface area contributed by atoms with Crippen LogP contribution in [0.3, 0.4) is 0 Å². The number of carbonyl (C=O) groups excluding carboxylic acids is 1. The summed E-state index contributed by atoms with van der Waals surface area (Å²) in [4.78, 5) is 24.6. The van der Waals surface area contributed by atoms with Crippen LogP contribution >= 0.6 is 11.3 Å². The van der Waals surface area contributed by atoms with Crippen LogP contribution in [0.25, 0.3) is 10.2 Å². The third-order valence-electron chi connectivity index (χ3n) is 4.96. The standard InChI is InChI=1S/C24H23N3OS/c1-16(2)19-12-8-13-21-22(19)26-24(29-21)27(15-18-10-6-7-14-25-18)23(28)20-11-5-4-9-17(20)3/h4-14,16H,15H2,1-3H3. The maximum absolute atomic E-state index is 13.5. The first-order valence-corrected chi connectivity index (χ1v) is 10.5. The first-order valence-electron chi connectivity index (χ1n) is 9.71. The first-order chi connectivity index (χ1) is 14.0. The summed E-state index contributed by atoms with van der Waals surface area (Å²) in [5, 5.41) is 0.701. The van der Waals surface area contributed by atoms with Crippen LogP contribution in [0.5, 0.6) is 0 Å². The van der Waals surface area contributed by atoms with Gasteiger partial charge in [-0.1, -0.05) is 61.6 Å². The Morgan fingerprint density at radius 1 is 1.03 bits per heavy atom. The molecule has 0 saturated heterocycles. The van der Waals surface area contributed by atoms with E-state index in [0.29, 0.717) is 23.2 Å². The minimum Gasteiger partial charge on any atom is -0.278 e. The van der Waals surface area contributed by atoms with Crippen LogP contribution in [0.2, 0.25) is 0 Å². The Hall–Kier alpha value is -3.05. The van der Waals surface area contributed by atoms with E-state index in [1.165, 1.54) is 5.56 Å². The highest BCUT2D eigenvalue weighted by molar-refractivity contribution is 7.22. The lowest BCUT2D eigenvalue weighted by molar-refractivity contribution is 0.0984. The van der Waals surface area contributed by atoms with Crippen LogP contribution in [0.15, 0.2) is 66.9 Å². The molecule has 0 atom stereocenters. The molecule has 0 N–H and O–H groups in total. The molecular weight excluding hydrogens is 378 g/mol. The van der Waals surface area contributed by atoms with Crippen molar-refractivity contribution in [2.75, 3.05) is 4.90 Å². The van der Waals surface area contributed by atoms with Crippen LogP contribution in [0, 0.1) is 6.92 Å². The van der Waals surface area contributed by atoms with E-state index in [0.717, 1.165) is 21.5 Å². The summed E-state index contributed by atoms with van der Waals surface area (Å²) in [5.74, 6) is 0.309. The number of para-hydroxylation sites is 1. The fraction of sp³-hybridized carbons (Fsp3) is 0.208. The highest BCUT2D eigenvalue weighted by Crippen LogP contribution is 2.34. The number of nitrogens with zero attached hydrogens (tertiary/aromatic N) is 3. The van der Waals surface area contributed by atoms with Crippen LogP contribution in [0.4, 0.5) is 5.13 Å². The molecule has 0 aliphatic carbocycles. The zero-order chi connectivity index (χ0) is 20.4. The molecule has 0 aliphatic heterocycles. The highest BCUT2D eigenvalue weighted by Gasteiger charge is 2.24. The summed E-state index contributed by atoms with van der Waals surface area (Å²) < 4.78 is 1.09. The van der Waals surface area contributed by atoms with Crippen molar-refractivity contribution >= 4 is 32.6 Å². The predicted molar refractivity (Wildman–Crippen MR) is 120 cm³/mol. The quantitative estimate of drug-likeness (QED) is 0.414. The van der Waals surface area contributed by atoms with E-state index in [1.54, 1.807) is 22.4 Å². The number of amides is 1. The van der Waals surface area contributed by atoms with Crippen molar-refractivity contribution < 1.29 is 4.79 Å². The molecule has 29 heavy (non-hydrogen) atoms. The van der Waals surface area contributed by atoms with Crippen molar-refractivity contribution in [3.05, 3.63) is 89.2 Å². The molecule has 0 radical (unpaired) electrons. The highest BCUT2D eigenvalue weighted by atomic mass is 32.1. The molecule has 1 amide bonds. The maximum Gasteiger partial charge on any atom is 0.260 e. The lowest BCUT2D eigenvalue weighted by Gasteiger charge is -2.20. The van der Waals surface area contributed by atoms with Crippen LogP contribution in [-0.4, -0.2) is 15.9 Å². The van der Waals surface area contributed by atoms with Crippen molar-refractivity contribution in [2.45, 2.75) is 33.2 Å². The lowest BCUT2D eigenvalue weighted by Crippen LogP contribution is -2.31. The second-order valence-electron chi connectivity index (χ2n) is 7.37. The molecule has 2 heterocycles. The van der Waals surface area contributed by atoms with Gasteiger partial charge in [0.25, 0.3) is 5.91 Å². The lowest BCUT2D eigenvalue weighted by atomic mass is 10.0. The largest absolute Gasteiger partial charge is 0.278 e. The number of fused-ring (bicyclic) bond motifs is 1. The van der Waals surface area contributed by atoms with E-state index in [-0.39, 0.29) is 5.91 Å². The van der Waals surface area contributed by atoms with Gasteiger partial charge in [-0.15, -0.1) is 0 Å². The molecule has 2 aromatic heterocycles. The second-order valence-corrected chi connectivity index (χ2v) is 8.38. The van der Waals surface area contributed by atoms with Gasteiger partial charge in [-0.2, -0.15) is 0 Å². The van der Waals surface area contributed by atoms with Gasteiger partial charge in [0, 0.05) is 11.8 Å². The molecule has 0 spiro atoms. The van der Waals surface area contributed by atoms with Gasteiger partial charge in [0.15, 0.2) is 5.13 Å². The normalized spacial score (nSPS) is 11.2. The molecule has 146 valence electrons. The van der Waals surface area contributed by atoms with Crippen molar-refractivity contribution in [1.82, 2.24) is 9.97 Å². The van der Waals surface area contributed by atoms with Gasteiger partial charge >= 0.3 is 0 Å². The maximum atomic E-state index is 13.5. The van der Waals surface area contributed by atoms with Gasteiger partial charge in [0.05, 0.1) is 22.5 Å². The minimum atomic E-state index is -0.0566. The minimum absolute atomic E-state index is 0.0566. The Kier molecular flexibility index (Phi) is 5.41. The molecule has 5 heteroatoms. The van der Waals surface area contributed by atoms with E-state index in [4.69, 9.17) is 4.98 Å². The Morgan fingerprint density at radius 2 is 1.83 bits per heavy atom. The molecule has 0 unspecified atom stereocenters. The SMILES string of the molecule is Cc1ccccc1C(=O)N(Cc1ccccn1)c1nc2c(C(C)C)cccc2s1. The zero-order valence-corrected chi connectivity index (χ0v) is 17.6. The fourth-order valence-corrected chi connectivity index (χ4v) is 4.38. The van der Waals surface area contributed by atoms with Gasteiger partial charge in [0.2, 0.25) is 0 Å². The van der Waals surface area contributed by atoms with Gasteiger partial charge in [0.1, 0.15) is 0 Å². The summed E-state index contributed by atoms with van der Waals surface area (Å²) >= 11 is 1.55. The average molecular weight is 402 g/mol. The smallest absolute Gasteiger partial charge is 0.260 e. The summed E-state index contributed by atoms with van der Waals surface area (Å²) in [6.45, 7) is 6.67. The van der Waals surface area contributed by atoms with E-state index in [9.17, 15) is 4.79 Å². The molecule has 0 saturated carbocycles. The van der Waals surface area contributed by atoms with E-state index < -0.39 is 0 Å². The monoisotopic (exact) mass is 401 g/mol. The number of aromatic nitrogens is 2. The Bertz CT molecular complexity index is 1150. The Balaban J connectivity index is 1.82. The van der Waals surface area contributed by atoms with Crippen LogP contribution in [-0.2, 0) is 6.54 Å². The summed E-state index contributed by atoms with van der Waals surface area (Å²) in [6.07, 6.45) is 1.75. The molecular formula is C24H23N3OS. The molecule has 2 aromatic carbocycles. The van der Waals surface area contributed by atoms with Crippen molar-refractivity contribution in [3.63, 3.8) is 0 Å². The van der Waals surface area contributed by atoms with Gasteiger partial charge in [-0.25, -0.2) is 4.98 Å². The number of thiazole rings is 1. The van der Waals surface area contributed by atoms with Crippen LogP contribution in [0.1, 0.15) is 46.9 Å². The summed E-state index contributed by atoms with van der Waals surface area (Å²) in [5.41, 5.74) is 4.65. The van der Waals surface area contributed by atoms with Crippen molar-refractivity contribution in [2.24, 2.45) is 0 Å². The number of carbonyl (C=O) groups is 1. The second kappa shape index (κ2) is 8.13. The number of pyridine rings is 1. The summed E-state index contributed by atoms with van der Waals surface area (Å²) in [7, 11) is 0. The average Bonchev–Trinajstić information content (AvgIpc) is 3.16. The number of hydrogen-bond acceptors (Lipinski definition) is 4. The third kappa shape index (κ3) is 3.91. The number of hydrogen-bond donors (Lipinski definition) is 0. The number of aryl methyl sites for hydroxylation is 1. The van der Waals surface area contributed by atoms with Gasteiger partial charge < -0.3 is 0 Å². The third-order valence-corrected chi connectivity index (χ3v) is 6.00. The molecule has 0 fully saturated rings. The number of benzene rings is 2. The topological polar surface area (TPSA) is 46.1 Å².